The molecular formula is C28H43N9O3. The molecule has 0 bridgehead atoms. The number of nitrogens with zero attached hydrogens (tertiary/aromatic N) is 6. The Balaban J connectivity index is 1.28. The summed E-state index contributed by atoms with van der Waals surface area (Å²) in [4.78, 5) is 50.0. The lowest BCUT2D eigenvalue weighted by molar-refractivity contribution is -0.137. The van der Waals surface area contributed by atoms with Crippen LogP contribution in [-0.4, -0.2) is 111 Å². The average Bonchev–Trinajstić information content (AvgIpc) is 2.89. The van der Waals surface area contributed by atoms with E-state index >= 15 is 0 Å². The second-order valence-electron chi connectivity index (χ2n) is 12.1. The molecule has 1 aromatic carbocycles. The molecule has 3 heterocycles. The lowest BCUT2D eigenvalue weighted by Gasteiger charge is -2.37. The van der Waals surface area contributed by atoms with Crippen molar-refractivity contribution in [1.29, 1.82) is 0 Å². The van der Waals surface area contributed by atoms with Crippen molar-refractivity contribution >= 4 is 17.8 Å². The monoisotopic (exact) mass is 553 g/mol. The number of urea groups is 1. The third-order valence-electron chi connectivity index (χ3n) is 7.16. The first-order chi connectivity index (χ1) is 18.8. The smallest absolute Gasteiger partial charge is 0.338 e. The minimum absolute atomic E-state index is 0.142. The normalized spacial score (nSPS) is 17.6. The molecule has 218 valence electrons. The van der Waals surface area contributed by atoms with Crippen LogP contribution < -0.4 is 22.5 Å². The van der Waals surface area contributed by atoms with Gasteiger partial charge in [0.1, 0.15) is 5.82 Å². The highest BCUT2D eigenvalue weighted by Crippen LogP contribution is 2.14. The molecule has 1 aromatic heterocycles. The van der Waals surface area contributed by atoms with Crippen LogP contribution in [0.15, 0.2) is 41.3 Å². The fourth-order valence-electron chi connectivity index (χ4n) is 5.08. The number of amides is 3. The molecule has 2 aliphatic rings. The van der Waals surface area contributed by atoms with Crippen molar-refractivity contribution in [2.45, 2.75) is 45.3 Å². The Kier molecular flexibility index (Phi) is 8.93. The van der Waals surface area contributed by atoms with E-state index in [0.29, 0.717) is 31.9 Å². The highest BCUT2D eigenvalue weighted by atomic mass is 16.2. The van der Waals surface area contributed by atoms with Gasteiger partial charge in [0.15, 0.2) is 0 Å². The number of benzene rings is 1. The van der Waals surface area contributed by atoms with E-state index in [1.807, 2.05) is 24.3 Å². The Hall–Kier alpha value is -3.32. The van der Waals surface area contributed by atoms with Gasteiger partial charge >= 0.3 is 11.7 Å². The van der Waals surface area contributed by atoms with Crippen LogP contribution >= 0.6 is 0 Å². The number of aromatic nitrogens is 2. The zero-order chi connectivity index (χ0) is 29.1. The number of hydrogen-bond donors (Lipinski definition) is 3. The number of anilines is 1. The summed E-state index contributed by atoms with van der Waals surface area (Å²) < 4.78 is 1.45. The maximum absolute atomic E-state index is 12.8. The minimum Gasteiger partial charge on any atom is -0.338 e. The predicted molar refractivity (Wildman–Crippen MR) is 155 cm³/mol. The lowest BCUT2D eigenvalue weighted by atomic mass is 10.1. The summed E-state index contributed by atoms with van der Waals surface area (Å²) in [6.45, 7) is 14.8. The van der Waals surface area contributed by atoms with Gasteiger partial charge in [-0.1, -0.05) is 12.1 Å². The Morgan fingerprint density at radius 2 is 1.43 bits per heavy atom. The molecule has 0 atom stereocenters. The second-order valence-corrected chi connectivity index (χ2v) is 12.1. The molecule has 2 saturated heterocycles. The standard InChI is InChI=1S/C28H43N9O3/c1-27(2,29)20-34-13-11-33(12-14-34)19-21-5-7-22(8-6-21)37-10-9-23(32-26(37)40)31-25(39)36-17-15-35(16-18-36)24(38)28(3,4)30/h5-10H,11-20,29-30H2,1-4H3,(H,31,32,39,40). The molecule has 12 nitrogen and oxygen atoms in total. The summed E-state index contributed by atoms with van der Waals surface area (Å²) in [5, 5.41) is 2.69. The molecule has 0 spiro atoms. The second kappa shape index (κ2) is 12.0. The highest BCUT2D eigenvalue weighted by Gasteiger charge is 2.31. The molecule has 2 aromatic rings. The third kappa shape index (κ3) is 7.87. The molecule has 0 unspecified atom stereocenters. The van der Waals surface area contributed by atoms with Gasteiger partial charge in [0, 0.05) is 77.2 Å². The van der Waals surface area contributed by atoms with E-state index in [2.05, 4.69) is 33.9 Å². The van der Waals surface area contributed by atoms with Crippen LogP contribution in [0.1, 0.15) is 33.3 Å². The van der Waals surface area contributed by atoms with Crippen LogP contribution in [-0.2, 0) is 11.3 Å². The SMILES string of the molecule is CC(C)(N)CN1CCN(Cc2ccc(-n3ccc(NC(=O)N4CCN(C(=O)C(C)(C)N)CC4)nc3=O)cc2)CC1. The van der Waals surface area contributed by atoms with Gasteiger partial charge in [-0.25, -0.2) is 9.59 Å². The van der Waals surface area contributed by atoms with Crippen LogP contribution in [0.25, 0.3) is 5.69 Å². The predicted octanol–water partition coefficient (Wildman–Crippen LogP) is 0.501. The number of piperazine rings is 2. The Bertz CT molecular complexity index is 1230. The molecule has 5 N–H and O–H groups in total. The zero-order valence-corrected chi connectivity index (χ0v) is 24.1. The maximum atomic E-state index is 12.8. The molecule has 12 heteroatoms. The molecule has 4 rings (SSSR count). The number of carbonyl (C=O) groups excluding carboxylic acids is 2. The average molecular weight is 554 g/mol. The van der Waals surface area contributed by atoms with Crippen molar-refractivity contribution in [2.75, 3.05) is 64.2 Å². The Labute approximate surface area is 235 Å². The van der Waals surface area contributed by atoms with E-state index in [1.165, 1.54) is 10.1 Å². The van der Waals surface area contributed by atoms with Crippen molar-refractivity contribution < 1.29 is 9.59 Å². The Morgan fingerprint density at radius 1 is 0.850 bits per heavy atom. The van der Waals surface area contributed by atoms with E-state index in [-0.39, 0.29) is 23.3 Å². The Morgan fingerprint density at radius 3 is 1.98 bits per heavy atom. The quantitative estimate of drug-likeness (QED) is 0.449. The summed E-state index contributed by atoms with van der Waals surface area (Å²) in [7, 11) is 0. The molecule has 0 saturated carbocycles. The highest BCUT2D eigenvalue weighted by molar-refractivity contribution is 5.89. The molecule has 2 aliphatic heterocycles. The van der Waals surface area contributed by atoms with Gasteiger partial charge in [-0.05, 0) is 51.5 Å². The summed E-state index contributed by atoms with van der Waals surface area (Å²) in [5.41, 5.74) is 12.3. The largest absolute Gasteiger partial charge is 0.354 e. The van der Waals surface area contributed by atoms with Gasteiger partial charge < -0.3 is 21.3 Å². The van der Waals surface area contributed by atoms with Gasteiger partial charge in [0.2, 0.25) is 5.91 Å². The van der Waals surface area contributed by atoms with Crippen molar-refractivity contribution in [3.8, 4) is 5.69 Å². The van der Waals surface area contributed by atoms with Crippen LogP contribution in [0.4, 0.5) is 10.6 Å². The van der Waals surface area contributed by atoms with Crippen molar-refractivity contribution in [3.63, 3.8) is 0 Å². The third-order valence-corrected chi connectivity index (χ3v) is 7.16. The summed E-state index contributed by atoms with van der Waals surface area (Å²) in [5.74, 6) is 0.0397. The first-order valence-corrected chi connectivity index (χ1v) is 13.9. The van der Waals surface area contributed by atoms with Gasteiger partial charge in [0.25, 0.3) is 0 Å². The van der Waals surface area contributed by atoms with Crippen molar-refractivity contribution in [2.24, 2.45) is 11.5 Å². The number of carbonyl (C=O) groups is 2. The number of hydrogen-bond acceptors (Lipinski definition) is 8. The van der Waals surface area contributed by atoms with E-state index in [4.69, 9.17) is 11.5 Å². The fourth-order valence-corrected chi connectivity index (χ4v) is 5.08. The maximum Gasteiger partial charge on any atom is 0.354 e. The van der Waals surface area contributed by atoms with E-state index in [9.17, 15) is 14.4 Å². The molecule has 0 aliphatic carbocycles. The molecule has 3 amide bonds. The summed E-state index contributed by atoms with van der Waals surface area (Å²) >= 11 is 0. The van der Waals surface area contributed by atoms with E-state index < -0.39 is 11.2 Å². The van der Waals surface area contributed by atoms with Crippen LogP contribution in [0.2, 0.25) is 0 Å². The van der Waals surface area contributed by atoms with E-state index in [0.717, 1.165) is 39.3 Å². The van der Waals surface area contributed by atoms with Crippen molar-refractivity contribution in [1.82, 2.24) is 29.2 Å². The topological polar surface area (TPSA) is 146 Å². The van der Waals surface area contributed by atoms with Gasteiger partial charge in [0.05, 0.1) is 11.2 Å². The van der Waals surface area contributed by atoms with Crippen molar-refractivity contribution in [3.05, 3.63) is 52.6 Å². The molecule has 40 heavy (non-hydrogen) atoms. The fraction of sp³-hybridized carbons (Fsp3) is 0.571. The lowest BCUT2D eigenvalue weighted by Crippen LogP contribution is -2.58. The first-order valence-electron chi connectivity index (χ1n) is 13.9. The number of nitrogens with one attached hydrogen (secondary N) is 1. The van der Waals surface area contributed by atoms with Crippen LogP contribution in [0.5, 0.6) is 0 Å². The first kappa shape index (κ1) is 29.7. The molecule has 0 radical (unpaired) electrons. The molecular weight excluding hydrogens is 510 g/mol. The number of nitrogens with two attached hydrogens (primary N) is 2. The van der Waals surface area contributed by atoms with Gasteiger partial charge in [-0.2, -0.15) is 4.98 Å². The zero-order valence-electron chi connectivity index (χ0n) is 24.1. The van der Waals surface area contributed by atoms with Crippen LogP contribution in [0.3, 0.4) is 0 Å². The molecule has 2 fully saturated rings. The number of rotatable bonds is 7. The van der Waals surface area contributed by atoms with Crippen LogP contribution in [0, 0.1) is 0 Å². The van der Waals surface area contributed by atoms with Gasteiger partial charge in [-0.3, -0.25) is 24.5 Å². The van der Waals surface area contributed by atoms with E-state index in [1.54, 1.807) is 35.9 Å². The minimum atomic E-state index is -0.948. The van der Waals surface area contributed by atoms with Gasteiger partial charge in [-0.15, -0.1) is 0 Å². The summed E-state index contributed by atoms with van der Waals surface area (Å²) in [6, 6.07) is 9.12. The summed E-state index contributed by atoms with van der Waals surface area (Å²) in [6.07, 6.45) is 1.61.